The van der Waals surface area contributed by atoms with Gasteiger partial charge >= 0.3 is 0 Å². The number of rotatable bonds is 8. The molecule has 2 rings (SSSR count). The third-order valence-corrected chi connectivity index (χ3v) is 3.71. The van der Waals surface area contributed by atoms with Crippen LogP contribution in [0.25, 0.3) is 0 Å². The fourth-order valence-corrected chi connectivity index (χ4v) is 2.54. The molecule has 0 saturated carbocycles. The van der Waals surface area contributed by atoms with Crippen molar-refractivity contribution in [3.63, 3.8) is 0 Å². The molecule has 2 aromatic rings. The van der Waals surface area contributed by atoms with Gasteiger partial charge in [-0.3, -0.25) is 4.79 Å². The van der Waals surface area contributed by atoms with E-state index in [4.69, 9.17) is 4.74 Å². The summed E-state index contributed by atoms with van der Waals surface area (Å²) in [4.78, 5) is 12.2. The van der Waals surface area contributed by atoms with Crippen molar-refractivity contribution in [2.45, 2.75) is 33.1 Å². The first kappa shape index (κ1) is 17.9. The van der Waals surface area contributed by atoms with Gasteiger partial charge in [0.25, 0.3) is 0 Å². The Balaban J connectivity index is 1.88. The first-order valence-electron chi connectivity index (χ1n) is 8.46. The number of amides is 1. The number of benzene rings is 2. The minimum absolute atomic E-state index is 0.0309. The van der Waals surface area contributed by atoms with Crippen LogP contribution < -0.4 is 15.4 Å². The van der Waals surface area contributed by atoms with Crippen LogP contribution in [0.1, 0.15) is 38.7 Å². The molecule has 2 aromatic carbocycles. The van der Waals surface area contributed by atoms with Crippen molar-refractivity contribution in [1.29, 1.82) is 0 Å². The second-order valence-electron chi connectivity index (χ2n) is 5.90. The van der Waals surface area contributed by atoms with Crippen molar-refractivity contribution in [2.75, 3.05) is 23.8 Å². The highest BCUT2D eigenvalue weighted by molar-refractivity contribution is 5.92. The van der Waals surface area contributed by atoms with Crippen molar-refractivity contribution < 1.29 is 9.53 Å². The summed E-state index contributed by atoms with van der Waals surface area (Å²) in [5.74, 6) is 1.11. The van der Waals surface area contributed by atoms with Crippen molar-refractivity contribution in [3.8, 4) is 5.75 Å². The number of para-hydroxylation sites is 3. The Morgan fingerprint density at radius 2 is 1.71 bits per heavy atom. The summed E-state index contributed by atoms with van der Waals surface area (Å²) in [5, 5.41) is 6.27. The van der Waals surface area contributed by atoms with Crippen molar-refractivity contribution >= 4 is 17.3 Å². The summed E-state index contributed by atoms with van der Waals surface area (Å²) in [7, 11) is 0. The smallest absolute Gasteiger partial charge is 0.226 e. The second-order valence-corrected chi connectivity index (χ2v) is 5.90. The lowest BCUT2D eigenvalue weighted by atomic mass is 10.0. The molecule has 0 aliphatic rings. The van der Waals surface area contributed by atoms with Crippen LogP contribution in [0.3, 0.4) is 0 Å². The van der Waals surface area contributed by atoms with Crippen LogP contribution in [-0.4, -0.2) is 19.1 Å². The quantitative estimate of drug-likeness (QED) is 0.742. The maximum Gasteiger partial charge on any atom is 0.226 e. The molecular formula is C20H26N2O2. The van der Waals surface area contributed by atoms with E-state index >= 15 is 0 Å². The van der Waals surface area contributed by atoms with Crippen LogP contribution in [0.4, 0.5) is 11.4 Å². The van der Waals surface area contributed by atoms with E-state index in [0.29, 0.717) is 36.9 Å². The highest BCUT2D eigenvalue weighted by Crippen LogP contribution is 2.25. The number of carbonyl (C=O) groups excluding carboxylic acids is 1. The zero-order valence-corrected chi connectivity index (χ0v) is 14.6. The Labute approximate surface area is 144 Å². The van der Waals surface area contributed by atoms with E-state index in [1.165, 1.54) is 5.56 Å². The van der Waals surface area contributed by atoms with Gasteiger partial charge in [-0.1, -0.05) is 44.2 Å². The molecule has 1 amide bonds. The van der Waals surface area contributed by atoms with Crippen LogP contribution >= 0.6 is 0 Å². The molecule has 0 aliphatic heterocycles. The summed E-state index contributed by atoms with van der Waals surface area (Å²) in [6, 6.07) is 15.7. The molecule has 0 radical (unpaired) electrons. The Morgan fingerprint density at radius 1 is 1.04 bits per heavy atom. The number of ether oxygens (including phenoxy) is 1. The predicted molar refractivity (Wildman–Crippen MR) is 99.9 cm³/mol. The highest BCUT2D eigenvalue weighted by Gasteiger charge is 2.08. The summed E-state index contributed by atoms with van der Waals surface area (Å²) in [6.07, 6.45) is 0.396. The van der Waals surface area contributed by atoms with Gasteiger partial charge in [0.05, 0.1) is 12.3 Å². The summed E-state index contributed by atoms with van der Waals surface area (Å²) in [5.41, 5.74) is 3.07. The van der Waals surface area contributed by atoms with Crippen LogP contribution in [-0.2, 0) is 4.79 Å². The van der Waals surface area contributed by atoms with E-state index in [1.807, 2.05) is 43.3 Å². The van der Waals surface area contributed by atoms with Crippen molar-refractivity contribution in [3.05, 3.63) is 54.1 Å². The standard InChI is InChI=1S/C20H26N2O2/c1-4-24-19-12-8-7-11-18(19)22-20(23)13-14-21-17-10-6-5-9-16(17)15(2)3/h5-12,15,21H,4,13-14H2,1-3H3,(H,22,23). The molecule has 0 aromatic heterocycles. The van der Waals surface area contributed by atoms with Gasteiger partial charge in [-0.2, -0.15) is 0 Å². The molecule has 0 atom stereocenters. The molecule has 0 unspecified atom stereocenters. The molecule has 24 heavy (non-hydrogen) atoms. The molecule has 4 heteroatoms. The van der Waals surface area contributed by atoms with Gasteiger partial charge in [0.1, 0.15) is 5.75 Å². The summed E-state index contributed by atoms with van der Waals surface area (Å²) >= 11 is 0. The minimum atomic E-state index is -0.0309. The topological polar surface area (TPSA) is 50.4 Å². The average Bonchev–Trinajstić information content (AvgIpc) is 2.57. The first-order chi connectivity index (χ1) is 11.6. The van der Waals surface area contributed by atoms with Crippen LogP contribution in [0.2, 0.25) is 0 Å². The number of hydrogen-bond acceptors (Lipinski definition) is 3. The summed E-state index contributed by atoms with van der Waals surface area (Å²) < 4.78 is 5.52. The molecule has 0 heterocycles. The monoisotopic (exact) mass is 326 g/mol. The largest absolute Gasteiger partial charge is 0.492 e. The Morgan fingerprint density at radius 3 is 2.42 bits per heavy atom. The lowest BCUT2D eigenvalue weighted by Crippen LogP contribution is -2.17. The van der Waals surface area contributed by atoms with E-state index in [9.17, 15) is 4.79 Å². The Bertz CT molecular complexity index is 668. The fraction of sp³-hybridized carbons (Fsp3) is 0.350. The number of nitrogens with one attached hydrogen (secondary N) is 2. The van der Waals surface area contributed by atoms with Crippen LogP contribution in [0.15, 0.2) is 48.5 Å². The zero-order valence-electron chi connectivity index (χ0n) is 14.6. The van der Waals surface area contributed by atoms with E-state index in [0.717, 1.165) is 5.69 Å². The molecule has 4 nitrogen and oxygen atoms in total. The molecule has 128 valence electrons. The second kappa shape index (κ2) is 8.96. The minimum Gasteiger partial charge on any atom is -0.492 e. The summed E-state index contributed by atoms with van der Waals surface area (Å²) in [6.45, 7) is 7.41. The third-order valence-electron chi connectivity index (χ3n) is 3.71. The van der Waals surface area contributed by atoms with Crippen molar-refractivity contribution in [1.82, 2.24) is 0 Å². The molecule has 0 fully saturated rings. The molecule has 0 saturated heterocycles. The van der Waals surface area contributed by atoms with E-state index in [2.05, 4.69) is 36.6 Å². The van der Waals surface area contributed by atoms with Crippen LogP contribution in [0, 0.1) is 0 Å². The Hall–Kier alpha value is -2.49. The van der Waals surface area contributed by atoms with Crippen LogP contribution in [0.5, 0.6) is 5.75 Å². The maximum absolute atomic E-state index is 12.2. The average molecular weight is 326 g/mol. The normalized spacial score (nSPS) is 10.5. The first-order valence-corrected chi connectivity index (χ1v) is 8.46. The molecule has 0 aliphatic carbocycles. The lowest BCUT2D eigenvalue weighted by molar-refractivity contribution is -0.116. The zero-order chi connectivity index (χ0) is 17.4. The van der Waals surface area contributed by atoms with Crippen molar-refractivity contribution in [2.24, 2.45) is 0 Å². The van der Waals surface area contributed by atoms with E-state index < -0.39 is 0 Å². The van der Waals surface area contributed by atoms with Gasteiger partial charge in [-0.05, 0) is 36.6 Å². The maximum atomic E-state index is 12.2. The lowest BCUT2D eigenvalue weighted by Gasteiger charge is -2.15. The van der Waals surface area contributed by atoms with E-state index in [-0.39, 0.29) is 5.91 Å². The molecule has 0 bridgehead atoms. The van der Waals surface area contributed by atoms with Gasteiger partial charge < -0.3 is 15.4 Å². The third kappa shape index (κ3) is 5.01. The SMILES string of the molecule is CCOc1ccccc1NC(=O)CCNc1ccccc1C(C)C. The fourth-order valence-electron chi connectivity index (χ4n) is 2.54. The number of carbonyl (C=O) groups is 1. The molecule has 2 N–H and O–H groups in total. The van der Waals surface area contributed by atoms with Gasteiger partial charge in [0, 0.05) is 18.7 Å². The molecule has 0 spiro atoms. The van der Waals surface area contributed by atoms with Gasteiger partial charge in [-0.25, -0.2) is 0 Å². The predicted octanol–water partition coefficient (Wildman–Crippen LogP) is 4.65. The van der Waals surface area contributed by atoms with E-state index in [1.54, 1.807) is 0 Å². The number of hydrogen-bond donors (Lipinski definition) is 2. The van der Waals surface area contributed by atoms with Gasteiger partial charge in [0.2, 0.25) is 5.91 Å². The molecular weight excluding hydrogens is 300 g/mol. The number of anilines is 2. The Kier molecular flexibility index (Phi) is 6.67. The van der Waals surface area contributed by atoms with Gasteiger partial charge in [-0.15, -0.1) is 0 Å². The van der Waals surface area contributed by atoms with Gasteiger partial charge in [0.15, 0.2) is 0 Å². The highest BCUT2D eigenvalue weighted by atomic mass is 16.5.